The molecule has 0 aliphatic heterocycles. The quantitative estimate of drug-likeness (QED) is 0.465. The maximum atomic E-state index is 12.4. The number of thioether (sulfide) groups is 1. The minimum Gasteiger partial charge on any atom is -0.325 e. The number of H-pyrrole nitrogens is 1. The zero-order valence-corrected chi connectivity index (χ0v) is 15.0. The third-order valence-corrected chi connectivity index (χ3v) is 5.31. The number of anilines is 1. The van der Waals surface area contributed by atoms with E-state index in [-0.39, 0.29) is 11.7 Å². The van der Waals surface area contributed by atoms with Crippen LogP contribution in [-0.4, -0.2) is 31.2 Å². The Labute approximate surface area is 158 Å². The summed E-state index contributed by atoms with van der Waals surface area (Å²) in [5.74, 6) is 0.865. The van der Waals surface area contributed by atoms with E-state index in [0.29, 0.717) is 10.9 Å². The molecule has 5 aromatic rings. The van der Waals surface area contributed by atoms with E-state index in [1.54, 1.807) is 0 Å². The van der Waals surface area contributed by atoms with Gasteiger partial charge in [-0.1, -0.05) is 54.2 Å². The molecule has 2 aromatic heterocycles. The fourth-order valence-corrected chi connectivity index (χ4v) is 3.89. The summed E-state index contributed by atoms with van der Waals surface area (Å²) in [6.45, 7) is 0. The van der Waals surface area contributed by atoms with Crippen molar-refractivity contribution in [1.82, 2.24) is 19.6 Å². The van der Waals surface area contributed by atoms with Gasteiger partial charge in [0.05, 0.1) is 16.8 Å². The first kappa shape index (κ1) is 15.9. The van der Waals surface area contributed by atoms with Gasteiger partial charge in [-0.15, -0.1) is 5.10 Å². The Morgan fingerprint density at radius 2 is 1.85 bits per heavy atom. The largest absolute Gasteiger partial charge is 0.325 e. The first-order valence-corrected chi connectivity index (χ1v) is 9.49. The number of nitrogens with one attached hydrogen (secondary N) is 2. The van der Waals surface area contributed by atoms with Crippen LogP contribution in [0.3, 0.4) is 0 Å². The molecule has 0 radical (unpaired) electrons. The van der Waals surface area contributed by atoms with E-state index in [9.17, 15) is 4.79 Å². The molecule has 1 amide bonds. The van der Waals surface area contributed by atoms with Crippen molar-refractivity contribution >= 4 is 50.9 Å². The molecule has 0 fully saturated rings. The first-order valence-electron chi connectivity index (χ1n) is 8.51. The first-order chi connectivity index (χ1) is 13.3. The van der Waals surface area contributed by atoms with Crippen molar-refractivity contribution in [2.24, 2.45) is 0 Å². The number of carbonyl (C=O) groups excluding carboxylic acids is 1. The number of hydrogen-bond acceptors (Lipinski definition) is 4. The monoisotopic (exact) mass is 373 g/mol. The zero-order chi connectivity index (χ0) is 18.2. The summed E-state index contributed by atoms with van der Waals surface area (Å²) < 4.78 is 1.93. The molecule has 2 heterocycles. The van der Waals surface area contributed by atoms with Gasteiger partial charge in [0.2, 0.25) is 11.7 Å². The molecule has 0 unspecified atom stereocenters. The molecule has 0 bridgehead atoms. The van der Waals surface area contributed by atoms with E-state index in [1.807, 2.05) is 65.1 Å². The predicted octanol–water partition coefficient (Wildman–Crippen LogP) is 4.09. The number of imidazole rings is 1. The lowest BCUT2D eigenvalue weighted by Crippen LogP contribution is -2.14. The fourth-order valence-electron chi connectivity index (χ4n) is 3.13. The van der Waals surface area contributed by atoms with E-state index in [0.717, 1.165) is 27.5 Å². The Morgan fingerprint density at radius 1 is 1.04 bits per heavy atom. The molecule has 0 aliphatic carbocycles. The Balaban J connectivity index is 1.33. The molecule has 5 rings (SSSR count). The van der Waals surface area contributed by atoms with Crippen molar-refractivity contribution in [2.75, 3.05) is 11.1 Å². The van der Waals surface area contributed by atoms with Crippen LogP contribution in [0.1, 0.15) is 0 Å². The second-order valence-corrected chi connectivity index (χ2v) is 7.11. The Bertz CT molecular complexity index is 1290. The van der Waals surface area contributed by atoms with Crippen LogP contribution in [-0.2, 0) is 4.79 Å². The van der Waals surface area contributed by atoms with Crippen molar-refractivity contribution in [2.45, 2.75) is 5.16 Å². The van der Waals surface area contributed by atoms with E-state index in [4.69, 9.17) is 0 Å². The van der Waals surface area contributed by atoms with Crippen LogP contribution in [0.15, 0.2) is 71.9 Å². The molecule has 27 heavy (non-hydrogen) atoms. The molecule has 0 saturated carbocycles. The van der Waals surface area contributed by atoms with Gasteiger partial charge in [-0.3, -0.25) is 9.20 Å². The highest BCUT2D eigenvalue weighted by atomic mass is 32.2. The second kappa shape index (κ2) is 6.44. The van der Waals surface area contributed by atoms with Crippen LogP contribution in [0.5, 0.6) is 0 Å². The van der Waals surface area contributed by atoms with Crippen LogP contribution in [0.2, 0.25) is 0 Å². The number of benzene rings is 3. The van der Waals surface area contributed by atoms with Gasteiger partial charge in [-0.05, 0) is 35.0 Å². The molecule has 0 saturated heterocycles. The van der Waals surface area contributed by atoms with E-state index in [2.05, 4.69) is 26.6 Å². The van der Waals surface area contributed by atoms with Crippen molar-refractivity contribution < 1.29 is 4.79 Å². The number of hydrogen-bond donors (Lipinski definition) is 2. The number of amides is 1. The fraction of sp³-hybridized carbons (Fsp3) is 0.0500. The van der Waals surface area contributed by atoms with Gasteiger partial charge in [0, 0.05) is 5.69 Å². The normalized spacial score (nSPS) is 11.4. The van der Waals surface area contributed by atoms with Gasteiger partial charge in [-0.25, -0.2) is 10.1 Å². The maximum absolute atomic E-state index is 12.4. The Kier molecular flexibility index (Phi) is 3.79. The Hall–Kier alpha value is -3.32. The van der Waals surface area contributed by atoms with Crippen LogP contribution in [0.25, 0.3) is 27.6 Å². The molecular weight excluding hydrogens is 358 g/mol. The number of fused-ring (bicyclic) bond motifs is 4. The second-order valence-electron chi connectivity index (χ2n) is 6.16. The average Bonchev–Trinajstić information content (AvgIpc) is 3.25. The van der Waals surface area contributed by atoms with E-state index in [1.165, 1.54) is 11.8 Å². The molecule has 0 atom stereocenters. The SMILES string of the molecule is O=C(CSc1n[nH]c2nc3ccccc3n12)Nc1ccc2ccccc2c1. The minimum absolute atomic E-state index is 0.0733. The van der Waals surface area contributed by atoms with Gasteiger partial charge >= 0.3 is 0 Å². The maximum Gasteiger partial charge on any atom is 0.234 e. The van der Waals surface area contributed by atoms with E-state index >= 15 is 0 Å². The predicted molar refractivity (Wildman–Crippen MR) is 108 cm³/mol. The molecule has 6 nitrogen and oxygen atoms in total. The summed E-state index contributed by atoms with van der Waals surface area (Å²) in [7, 11) is 0. The van der Waals surface area contributed by atoms with Gasteiger partial charge in [0.1, 0.15) is 0 Å². The summed E-state index contributed by atoms with van der Waals surface area (Å²) in [6.07, 6.45) is 0. The van der Waals surface area contributed by atoms with Crippen LogP contribution >= 0.6 is 11.8 Å². The summed E-state index contributed by atoms with van der Waals surface area (Å²) in [4.78, 5) is 16.9. The lowest BCUT2D eigenvalue weighted by molar-refractivity contribution is -0.113. The number of aromatic nitrogens is 4. The molecular formula is C20H15N5OS. The third kappa shape index (κ3) is 2.92. The number of nitrogens with zero attached hydrogens (tertiary/aromatic N) is 3. The molecule has 3 aromatic carbocycles. The van der Waals surface area contributed by atoms with Crippen LogP contribution in [0.4, 0.5) is 5.69 Å². The van der Waals surface area contributed by atoms with Crippen LogP contribution < -0.4 is 5.32 Å². The highest BCUT2D eigenvalue weighted by Gasteiger charge is 2.13. The van der Waals surface area contributed by atoms with Crippen LogP contribution in [0, 0.1) is 0 Å². The van der Waals surface area contributed by atoms with Gasteiger partial charge < -0.3 is 5.32 Å². The number of aromatic amines is 1. The lowest BCUT2D eigenvalue weighted by Gasteiger charge is -2.06. The number of para-hydroxylation sites is 2. The lowest BCUT2D eigenvalue weighted by atomic mass is 10.1. The standard InChI is InChI=1S/C20H15N5OS/c26-18(21-15-10-9-13-5-1-2-6-14(13)11-15)12-27-20-24-23-19-22-16-7-3-4-8-17(16)25(19)20/h1-11H,12H2,(H,21,26)(H,22,23). The van der Waals surface area contributed by atoms with Crippen molar-refractivity contribution in [3.05, 3.63) is 66.7 Å². The summed E-state index contributed by atoms with van der Waals surface area (Å²) in [5, 5.41) is 13.1. The highest BCUT2D eigenvalue weighted by Crippen LogP contribution is 2.23. The van der Waals surface area contributed by atoms with E-state index < -0.39 is 0 Å². The third-order valence-electron chi connectivity index (χ3n) is 4.37. The summed E-state index contributed by atoms with van der Waals surface area (Å²) >= 11 is 1.38. The minimum atomic E-state index is -0.0733. The molecule has 0 aliphatic rings. The number of carbonyl (C=O) groups is 1. The van der Waals surface area contributed by atoms with Gasteiger partial charge in [0.15, 0.2) is 5.16 Å². The molecule has 2 N–H and O–H groups in total. The molecule has 0 spiro atoms. The molecule has 132 valence electrons. The van der Waals surface area contributed by atoms with Crippen molar-refractivity contribution in [3.8, 4) is 0 Å². The highest BCUT2D eigenvalue weighted by molar-refractivity contribution is 7.99. The van der Waals surface area contributed by atoms with Crippen molar-refractivity contribution in [1.29, 1.82) is 0 Å². The Morgan fingerprint density at radius 3 is 2.78 bits per heavy atom. The van der Waals surface area contributed by atoms with Gasteiger partial charge in [0.25, 0.3) is 0 Å². The zero-order valence-electron chi connectivity index (χ0n) is 14.2. The topological polar surface area (TPSA) is 75.1 Å². The summed E-state index contributed by atoms with van der Waals surface area (Å²) in [6, 6.07) is 21.8. The molecule has 7 heteroatoms. The average molecular weight is 373 g/mol. The number of rotatable bonds is 4. The smallest absolute Gasteiger partial charge is 0.234 e. The van der Waals surface area contributed by atoms with Gasteiger partial charge in [-0.2, -0.15) is 0 Å². The van der Waals surface area contributed by atoms with Crippen molar-refractivity contribution in [3.63, 3.8) is 0 Å². The summed E-state index contributed by atoms with van der Waals surface area (Å²) in [5.41, 5.74) is 2.66.